The first-order chi connectivity index (χ1) is 15.0. The third-order valence-corrected chi connectivity index (χ3v) is 7.21. The summed E-state index contributed by atoms with van der Waals surface area (Å²) >= 11 is 0. The summed E-state index contributed by atoms with van der Waals surface area (Å²) in [6, 6.07) is 13.0. The lowest BCUT2D eigenvalue weighted by Crippen LogP contribution is -2.54. The van der Waals surface area contributed by atoms with Gasteiger partial charge in [0.15, 0.2) is 11.5 Å². The monoisotopic (exact) mass is 425 g/mol. The molecule has 0 bridgehead atoms. The molecule has 0 spiro atoms. The second kappa shape index (κ2) is 9.09. The van der Waals surface area contributed by atoms with E-state index in [1.54, 1.807) is 21.3 Å². The Morgan fingerprint density at radius 2 is 1.65 bits per heavy atom. The third-order valence-electron chi connectivity index (χ3n) is 7.21. The van der Waals surface area contributed by atoms with Gasteiger partial charge >= 0.3 is 0 Å². The predicted octanol–water partition coefficient (Wildman–Crippen LogP) is 4.89. The van der Waals surface area contributed by atoms with Crippen molar-refractivity contribution in [2.45, 2.75) is 57.2 Å². The number of hydrogen-bond acceptors (Lipinski definition) is 5. The number of aryl methyl sites for hydroxylation is 1. The van der Waals surface area contributed by atoms with Crippen molar-refractivity contribution in [2.24, 2.45) is 5.92 Å². The third kappa shape index (κ3) is 4.26. The van der Waals surface area contributed by atoms with E-state index >= 15 is 0 Å². The van der Waals surface area contributed by atoms with Gasteiger partial charge in [-0.25, -0.2) is 0 Å². The van der Waals surface area contributed by atoms with Gasteiger partial charge in [-0.1, -0.05) is 42.7 Å². The minimum Gasteiger partial charge on any atom is -0.493 e. The van der Waals surface area contributed by atoms with Crippen LogP contribution in [-0.4, -0.2) is 43.5 Å². The topological polar surface area (TPSA) is 51.2 Å². The molecular formula is C26H35NO4. The Balaban J connectivity index is 1.77. The van der Waals surface area contributed by atoms with E-state index in [1.165, 1.54) is 11.1 Å². The molecule has 2 aliphatic rings. The molecule has 0 unspecified atom stereocenters. The molecule has 1 aliphatic heterocycles. The molecule has 0 aromatic heterocycles. The molecule has 1 saturated carbocycles. The van der Waals surface area contributed by atoms with Crippen LogP contribution in [0.4, 0.5) is 0 Å². The highest BCUT2D eigenvalue weighted by atomic mass is 16.5. The minimum absolute atomic E-state index is 0.0917. The summed E-state index contributed by atoms with van der Waals surface area (Å²) in [6.07, 6.45) is 5.00. The lowest BCUT2D eigenvalue weighted by molar-refractivity contribution is -0.126. The molecule has 0 radical (unpaired) electrons. The lowest BCUT2D eigenvalue weighted by Gasteiger charge is -2.53. The van der Waals surface area contributed by atoms with Crippen LogP contribution in [0.3, 0.4) is 0 Å². The zero-order valence-corrected chi connectivity index (χ0v) is 19.2. The van der Waals surface area contributed by atoms with Crippen LogP contribution in [0.2, 0.25) is 0 Å². The molecule has 1 N–H and O–H groups in total. The molecule has 5 nitrogen and oxygen atoms in total. The van der Waals surface area contributed by atoms with Gasteiger partial charge in [0, 0.05) is 25.0 Å². The summed E-state index contributed by atoms with van der Waals surface area (Å²) in [5.74, 6) is 2.12. The maximum atomic E-state index is 11.6. The Morgan fingerprint density at radius 1 is 0.968 bits per heavy atom. The second-order valence-electron chi connectivity index (χ2n) is 9.07. The van der Waals surface area contributed by atoms with Crippen LogP contribution >= 0.6 is 0 Å². The number of likely N-dealkylation sites (tertiary alicyclic amines) is 1. The van der Waals surface area contributed by atoms with Crippen molar-refractivity contribution in [2.75, 3.05) is 27.9 Å². The predicted molar refractivity (Wildman–Crippen MR) is 122 cm³/mol. The van der Waals surface area contributed by atoms with Crippen LogP contribution in [0, 0.1) is 12.8 Å². The van der Waals surface area contributed by atoms with E-state index in [-0.39, 0.29) is 12.0 Å². The van der Waals surface area contributed by atoms with E-state index in [2.05, 4.69) is 48.2 Å². The highest BCUT2D eigenvalue weighted by molar-refractivity contribution is 5.54. The molecule has 1 aliphatic carbocycles. The van der Waals surface area contributed by atoms with Crippen molar-refractivity contribution in [1.82, 2.24) is 4.90 Å². The normalized spacial score (nSPS) is 26.2. The van der Waals surface area contributed by atoms with Crippen molar-refractivity contribution in [1.29, 1.82) is 0 Å². The summed E-state index contributed by atoms with van der Waals surface area (Å²) in [4.78, 5) is 2.52. The van der Waals surface area contributed by atoms with Crippen molar-refractivity contribution in [3.05, 3.63) is 53.1 Å². The van der Waals surface area contributed by atoms with Crippen molar-refractivity contribution in [3.8, 4) is 17.2 Å². The van der Waals surface area contributed by atoms with Gasteiger partial charge in [0.25, 0.3) is 0 Å². The molecule has 0 amide bonds. The Hall–Kier alpha value is -2.24. The SMILES string of the molecule is COc1cc([C@H]2[C@H]3CCCC[C@@]3(O)CCN2Cc2ccc(C)cc2)cc(OC)c1OC. The van der Waals surface area contributed by atoms with E-state index in [9.17, 15) is 5.11 Å². The van der Waals surface area contributed by atoms with Crippen LogP contribution in [0.5, 0.6) is 17.2 Å². The van der Waals surface area contributed by atoms with Gasteiger partial charge in [-0.15, -0.1) is 0 Å². The zero-order valence-electron chi connectivity index (χ0n) is 19.2. The number of methoxy groups -OCH3 is 3. The first kappa shape index (κ1) is 22.0. The zero-order chi connectivity index (χ0) is 22.0. The number of nitrogens with zero attached hydrogens (tertiary/aromatic N) is 1. The minimum atomic E-state index is -0.604. The molecule has 1 heterocycles. The first-order valence-electron chi connectivity index (χ1n) is 11.3. The Labute approximate surface area is 185 Å². The number of hydrogen-bond donors (Lipinski definition) is 1. The standard InChI is InChI=1S/C26H35NO4/c1-18-8-10-19(11-9-18)17-27-14-13-26(28)12-6-5-7-21(26)24(27)20-15-22(29-2)25(31-4)23(16-20)30-3/h8-11,15-16,21,24,28H,5-7,12-14,17H2,1-4H3/t21-,24+,26-/m1/s1. The summed E-state index contributed by atoms with van der Waals surface area (Å²) in [6.45, 7) is 3.84. The molecule has 31 heavy (non-hydrogen) atoms. The molecule has 2 fully saturated rings. The van der Waals surface area contributed by atoms with E-state index in [0.717, 1.165) is 50.8 Å². The second-order valence-corrected chi connectivity index (χ2v) is 9.07. The van der Waals surface area contributed by atoms with Gasteiger partial charge in [0.1, 0.15) is 0 Å². The van der Waals surface area contributed by atoms with Crippen molar-refractivity contribution in [3.63, 3.8) is 0 Å². The molecule has 2 aromatic carbocycles. The van der Waals surface area contributed by atoms with Gasteiger partial charge in [0.2, 0.25) is 5.75 Å². The van der Waals surface area contributed by atoms with Gasteiger partial charge in [-0.2, -0.15) is 0 Å². The fraction of sp³-hybridized carbons (Fsp3) is 0.538. The molecule has 4 rings (SSSR count). The van der Waals surface area contributed by atoms with Crippen LogP contribution in [0.25, 0.3) is 0 Å². The van der Waals surface area contributed by atoms with Crippen LogP contribution in [-0.2, 0) is 6.54 Å². The summed E-state index contributed by atoms with van der Waals surface area (Å²) in [5.41, 5.74) is 3.08. The molecular weight excluding hydrogens is 390 g/mol. The van der Waals surface area contributed by atoms with Gasteiger partial charge < -0.3 is 19.3 Å². The van der Waals surface area contributed by atoms with Gasteiger partial charge in [0.05, 0.1) is 26.9 Å². The summed E-state index contributed by atoms with van der Waals surface area (Å²) < 4.78 is 16.9. The van der Waals surface area contributed by atoms with E-state index < -0.39 is 5.60 Å². The molecule has 1 saturated heterocycles. The fourth-order valence-electron chi connectivity index (χ4n) is 5.56. The molecule has 168 valence electrons. The van der Waals surface area contributed by atoms with Gasteiger partial charge in [-0.3, -0.25) is 4.90 Å². The van der Waals surface area contributed by atoms with Crippen LogP contribution in [0.15, 0.2) is 36.4 Å². The number of aliphatic hydroxyl groups is 1. The van der Waals surface area contributed by atoms with Crippen LogP contribution < -0.4 is 14.2 Å². The summed E-state index contributed by atoms with van der Waals surface area (Å²) in [7, 11) is 4.94. The van der Waals surface area contributed by atoms with Crippen molar-refractivity contribution >= 4 is 0 Å². The molecule has 2 aromatic rings. The van der Waals surface area contributed by atoms with Crippen LogP contribution in [0.1, 0.15) is 54.8 Å². The lowest BCUT2D eigenvalue weighted by atomic mass is 9.66. The smallest absolute Gasteiger partial charge is 0.203 e. The largest absolute Gasteiger partial charge is 0.493 e. The Bertz CT molecular complexity index is 872. The maximum Gasteiger partial charge on any atom is 0.203 e. The number of piperidine rings is 1. The van der Waals surface area contributed by atoms with Crippen molar-refractivity contribution < 1.29 is 19.3 Å². The van der Waals surface area contributed by atoms with Gasteiger partial charge in [-0.05, 0) is 49.4 Å². The highest BCUT2D eigenvalue weighted by Crippen LogP contribution is 2.51. The fourth-order valence-corrected chi connectivity index (χ4v) is 5.56. The Morgan fingerprint density at radius 3 is 2.26 bits per heavy atom. The Kier molecular flexibility index (Phi) is 6.44. The summed E-state index contributed by atoms with van der Waals surface area (Å²) in [5, 5.41) is 11.6. The average Bonchev–Trinajstić information content (AvgIpc) is 2.79. The number of rotatable bonds is 6. The molecule has 5 heteroatoms. The number of benzene rings is 2. The maximum absolute atomic E-state index is 11.6. The quantitative estimate of drug-likeness (QED) is 0.714. The molecule has 3 atom stereocenters. The van der Waals surface area contributed by atoms with E-state index in [0.29, 0.717) is 17.2 Å². The number of ether oxygens (including phenoxy) is 3. The highest BCUT2D eigenvalue weighted by Gasteiger charge is 2.49. The average molecular weight is 426 g/mol. The van der Waals surface area contributed by atoms with E-state index in [4.69, 9.17) is 14.2 Å². The van der Waals surface area contributed by atoms with E-state index in [1.807, 2.05) is 0 Å². The number of fused-ring (bicyclic) bond motifs is 1. The first-order valence-corrected chi connectivity index (χ1v) is 11.3.